The van der Waals surface area contributed by atoms with Gasteiger partial charge in [-0.15, -0.1) is 32.9 Å². The van der Waals surface area contributed by atoms with E-state index in [0.717, 1.165) is 59.4 Å². The van der Waals surface area contributed by atoms with Crippen molar-refractivity contribution in [3.63, 3.8) is 0 Å². The average Bonchev–Trinajstić information content (AvgIpc) is 4.06. The molecule has 15 nitrogen and oxygen atoms in total. The molecule has 0 bridgehead atoms. The fourth-order valence-electron chi connectivity index (χ4n) is 8.79. The number of ether oxygens (including phenoxy) is 1. The molecule has 3 aromatic heterocycles. The molecule has 8 rings (SSSR count). The Morgan fingerprint density at radius 1 is 0.910 bits per heavy atom. The highest BCUT2D eigenvalue weighted by Gasteiger charge is 2.45. The highest BCUT2D eigenvalue weighted by Crippen LogP contribution is 2.40. The lowest BCUT2D eigenvalue weighted by atomic mass is 9.85. The van der Waals surface area contributed by atoms with E-state index in [2.05, 4.69) is 25.8 Å². The summed E-state index contributed by atoms with van der Waals surface area (Å²) in [6.07, 6.45) is -1.11. The molecule has 1 fully saturated rings. The van der Waals surface area contributed by atoms with Crippen LogP contribution in [0.1, 0.15) is 107 Å². The lowest BCUT2D eigenvalue weighted by Crippen LogP contribution is -2.57. The van der Waals surface area contributed by atoms with Crippen LogP contribution in [0.4, 0.5) is 0 Å². The minimum Gasteiger partial charge on any atom is -0.496 e. The topological polar surface area (TPSA) is 201 Å². The standard InChI is InChI=1S/C50H54N8O7S2/c1-25-28(4)67-49-41(25)42(53-37(22-40(60)61)45-56-55-29(5)58(45)49)32-14-12-31(13-15-32)34-18-19-36(39(20-34)65-9)46(62)54-44(50(6,7)8)48(64)57-23-35(59)21-38(57)47(63)52-26(2)30-10-16-33(17-11-30)43-27(3)51-24-66-43/h10-20,24,26,35,37-38,44,59H,21-23H2,1-9H3,(H,52,63)(H,54,62)(H,60,61)/t26-,35+,37-,38-,44+/m0/s1. The molecule has 3 aromatic carbocycles. The molecule has 0 radical (unpaired) electrons. The van der Waals surface area contributed by atoms with Crippen molar-refractivity contribution >= 4 is 52.1 Å². The molecule has 0 spiro atoms. The third-order valence-corrected chi connectivity index (χ3v) is 14.7. The number of carboxylic acids is 1. The van der Waals surface area contributed by atoms with Crippen LogP contribution < -0.4 is 15.4 Å². The number of aliphatic imine (C=N–C) groups is 1. The monoisotopic (exact) mass is 942 g/mol. The number of hydrogen-bond donors (Lipinski definition) is 4. The molecule has 0 unspecified atom stereocenters. The first-order valence-corrected chi connectivity index (χ1v) is 23.7. The number of carboxylic acid groups (broad SMARTS) is 1. The molecule has 67 heavy (non-hydrogen) atoms. The SMILES string of the molecule is COc1cc(-c2ccc(C3=N[C@@H](CC(=O)O)c4nnc(C)n4-c4sc(C)c(C)c43)cc2)ccc1C(=O)N[C@H](C(=O)N1C[C@H](O)C[C@H]1C(=O)N[C@@H](C)c1ccc(-c2scnc2C)cc1)C(C)(C)C. The van der Waals surface area contributed by atoms with Gasteiger partial charge in [0.05, 0.1) is 53.0 Å². The minimum atomic E-state index is -1.06. The molecule has 2 aliphatic rings. The van der Waals surface area contributed by atoms with Crippen molar-refractivity contribution in [3.05, 3.63) is 122 Å². The molecule has 348 valence electrons. The van der Waals surface area contributed by atoms with Gasteiger partial charge in [-0.25, -0.2) is 4.98 Å². The molecular formula is C50H54N8O7S2. The normalized spacial score (nSPS) is 17.7. The largest absolute Gasteiger partial charge is 0.496 e. The lowest BCUT2D eigenvalue weighted by molar-refractivity contribution is -0.142. The number of aliphatic hydroxyl groups excluding tert-OH is 1. The van der Waals surface area contributed by atoms with E-state index >= 15 is 0 Å². The summed E-state index contributed by atoms with van der Waals surface area (Å²) in [5.41, 5.74) is 9.12. The number of carbonyl (C=O) groups excluding carboxylic acids is 3. The number of thiazole rings is 1. The number of β-amino-alcohol motifs (C(OH)–C–C–N with tert-alkyl or cyclic N) is 1. The number of thiophene rings is 1. The number of benzene rings is 3. The summed E-state index contributed by atoms with van der Waals surface area (Å²) in [4.78, 5) is 67.4. The van der Waals surface area contributed by atoms with Gasteiger partial charge in [0.2, 0.25) is 11.8 Å². The highest BCUT2D eigenvalue weighted by atomic mass is 32.1. The Bertz CT molecular complexity index is 2910. The number of fused-ring (bicyclic) bond motifs is 3. The summed E-state index contributed by atoms with van der Waals surface area (Å²) >= 11 is 3.16. The molecular weight excluding hydrogens is 889 g/mol. The van der Waals surface area contributed by atoms with E-state index in [1.165, 1.54) is 12.0 Å². The second kappa shape index (κ2) is 18.6. The van der Waals surface area contributed by atoms with E-state index < -0.39 is 53.3 Å². The highest BCUT2D eigenvalue weighted by molar-refractivity contribution is 7.15. The van der Waals surface area contributed by atoms with E-state index in [1.807, 2.05) is 114 Å². The fourth-order valence-corrected chi connectivity index (χ4v) is 10.8. The first-order chi connectivity index (χ1) is 31.8. The number of aromatic nitrogens is 4. The van der Waals surface area contributed by atoms with Gasteiger partial charge >= 0.3 is 5.97 Å². The third kappa shape index (κ3) is 9.27. The number of nitrogens with one attached hydrogen (secondary N) is 2. The number of aliphatic carboxylic acids is 1. The van der Waals surface area contributed by atoms with E-state index in [4.69, 9.17) is 9.73 Å². The van der Waals surface area contributed by atoms with Gasteiger partial charge in [-0.2, -0.15) is 0 Å². The second-order valence-electron chi connectivity index (χ2n) is 18.3. The zero-order chi connectivity index (χ0) is 48.1. The van der Waals surface area contributed by atoms with E-state index in [1.54, 1.807) is 40.9 Å². The fraction of sp³-hybridized carbons (Fsp3) is 0.360. The number of aliphatic hydroxyl groups is 1. The molecule has 6 aromatic rings. The van der Waals surface area contributed by atoms with Crippen LogP contribution in [0.5, 0.6) is 5.75 Å². The lowest BCUT2D eigenvalue weighted by Gasteiger charge is -2.35. The van der Waals surface area contributed by atoms with Crippen LogP contribution in [0.2, 0.25) is 0 Å². The number of aryl methyl sites for hydroxylation is 3. The number of likely N-dealkylation sites (tertiary alicyclic amines) is 1. The average molecular weight is 943 g/mol. The molecule has 0 aliphatic carbocycles. The summed E-state index contributed by atoms with van der Waals surface area (Å²) in [5.74, 6) is -0.982. The smallest absolute Gasteiger partial charge is 0.306 e. The molecule has 0 saturated carbocycles. The van der Waals surface area contributed by atoms with Crippen molar-refractivity contribution in [2.24, 2.45) is 10.4 Å². The van der Waals surface area contributed by atoms with Gasteiger partial charge in [-0.1, -0.05) is 75.4 Å². The Kier molecular flexibility index (Phi) is 13.0. The van der Waals surface area contributed by atoms with Crippen molar-refractivity contribution in [2.45, 2.75) is 98.5 Å². The maximum absolute atomic E-state index is 14.5. The van der Waals surface area contributed by atoms with Crippen LogP contribution in [-0.4, -0.2) is 96.1 Å². The predicted molar refractivity (Wildman–Crippen MR) is 258 cm³/mol. The first kappa shape index (κ1) is 47.0. The molecule has 3 amide bonds. The quantitative estimate of drug-likeness (QED) is 0.0942. The molecule has 5 atom stereocenters. The van der Waals surface area contributed by atoms with Crippen LogP contribution in [0.15, 0.2) is 77.2 Å². The predicted octanol–water partition coefficient (Wildman–Crippen LogP) is 7.71. The zero-order valence-electron chi connectivity index (χ0n) is 38.9. The number of carbonyl (C=O) groups is 4. The van der Waals surface area contributed by atoms with Crippen molar-refractivity contribution in [1.29, 1.82) is 0 Å². The number of amides is 3. The molecule has 1 saturated heterocycles. The van der Waals surface area contributed by atoms with Gasteiger partial charge in [0.25, 0.3) is 5.91 Å². The second-order valence-corrected chi connectivity index (χ2v) is 20.3. The first-order valence-electron chi connectivity index (χ1n) is 22.1. The Morgan fingerprint density at radius 3 is 2.22 bits per heavy atom. The van der Waals surface area contributed by atoms with E-state index in [0.29, 0.717) is 17.4 Å². The number of hydrogen-bond acceptors (Lipinski definition) is 12. The van der Waals surface area contributed by atoms with Gasteiger partial charge in [0.1, 0.15) is 34.7 Å². The molecule has 4 N–H and O–H groups in total. The van der Waals surface area contributed by atoms with Gasteiger partial charge in [0, 0.05) is 29.0 Å². The summed E-state index contributed by atoms with van der Waals surface area (Å²) in [6, 6.07) is 17.8. The summed E-state index contributed by atoms with van der Waals surface area (Å²) in [5, 5.41) is 36.2. The van der Waals surface area contributed by atoms with Crippen molar-refractivity contribution in [3.8, 4) is 32.3 Å². The van der Waals surface area contributed by atoms with Crippen LogP contribution in [-0.2, 0) is 14.4 Å². The molecule has 17 heteroatoms. The number of rotatable bonds is 12. The molecule has 2 aliphatic heterocycles. The van der Waals surface area contributed by atoms with Crippen LogP contribution in [0.3, 0.4) is 0 Å². The summed E-state index contributed by atoms with van der Waals surface area (Å²) in [6.45, 7) is 15.2. The van der Waals surface area contributed by atoms with Gasteiger partial charge in [-0.3, -0.25) is 28.7 Å². The van der Waals surface area contributed by atoms with Crippen LogP contribution in [0, 0.1) is 33.1 Å². The summed E-state index contributed by atoms with van der Waals surface area (Å²) in [7, 11) is 1.47. The third-order valence-electron chi connectivity index (χ3n) is 12.6. The van der Waals surface area contributed by atoms with E-state index in [-0.39, 0.29) is 36.7 Å². The Labute approximate surface area is 397 Å². The maximum atomic E-state index is 14.5. The zero-order valence-corrected chi connectivity index (χ0v) is 40.5. The molecule has 5 heterocycles. The van der Waals surface area contributed by atoms with E-state index in [9.17, 15) is 29.4 Å². The van der Waals surface area contributed by atoms with Gasteiger partial charge < -0.3 is 30.5 Å². The number of nitrogens with zero attached hydrogens (tertiary/aromatic N) is 6. The number of methoxy groups -OCH3 is 1. The van der Waals surface area contributed by atoms with Crippen molar-refractivity contribution in [2.75, 3.05) is 13.7 Å². The Hall–Kier alpha value is -6.56. The Balaban J connectivity index is 0.995. The van der Waals surface area contributed by atoms with Crippen LogP contribution in [0.25, 0.3) is 26.6 Å². The van der Waals surface area contributed by atoms with Gasteiger partial charge in [-0.05, 0) is 80.0 Å². The van der Waals surface area contributed by atoms with Crippen molar-refractivity contribution < 1.29 is 34.1 Å². The minimum absolute atomic E-state index is 0.0559. The Morgan fingerprint density at radius 2 is 1.58 bits per heavy atom. The van der Waals surface area contributed by atoms with Crippen molar-refractivity contribution in [1.82, 2.24) is 35.3 Å². The van der Waals surface area contributed by atoms with Gasteiger partial charge in [0.15, 0.2) is 5.82 Å². The maximum Gasteiger partial charge on any atom is 0.306 e. The van der Waals surface area contributed by atoms with Crippen LogP contribution >= 0.6 is 22.7 Å². The summed E-state index contributed by atoms with van der Waals surface area (Å²) < 4.78 is 7.68.